The molecular formula is C19H29NO. The molecule has 4 atom stereocenters. The Morgan fingerprint density at radius 1 is 1.24 bits per heavy atom. The van der Waals surface area contributed by atoms with Crippen molar-refractivity contribution in [3.05, 3.63) is 35.9 Å². The standard InChI is InChI=1S/C19H29NO/c1-18(2)15-10-11-19(3,12-15)17(18)20-16(13-21-4)14-8-6-5-7-9-14/h5-9,15-17,20H,10-13H2,1-4H3. The van der Waals surface area contributed by atoms with Gasteiger partial charge in [0.15, 0.2) is 0 Å². The smallest absolute Gasteiger partial charge is 0.0657 e. The Morgan fingerprint density at radius 3 is 2.52 bits per heavy atom. The topological polar surface area (TPSA) is 21.3 Å². The van der Waals surface area contributed by atoms with Crippen molar-refractivity contribution in [3.8, 4) is 0 Å². The molecule has 0 saturated heterocycles. The third-order valence-electron chi connectivity index (χ3n) is 6.17. The Hall–Kier alpha value is -0.860. The van der Waals surface area contributed by atoms with Crippen LogP contribution in [-0.2, 0) is 4.74 Å². The lowest BCUT2D eigenvalue weighted by atomic mass is 9.68. The molecule has 116 valence electrons. The van der Waals surface area contributed by atoms with Crippen molar-refractivity contribution in [3.63, 3.8) is 0 Å². The Kier molecular flexibility index (Phi) is 3.87. The quantitative estimate of drug-likeness (QED) is 0.877. The van der Waals surface area contributed by atoms with Crippen molar-refractivity contribution in [2.45, 2.75) is 52.1 Å². The summed E-state index contributed by atoms with van der Waals surface area (Å²) in [6.07, 6.45) is 4.15. The maximum absolute atomic E-state index is 5.49. The monoisotopic (exact) mass is 287 g/mol. The van der Waals surface area contributed by atoms with Gasteiger partial charge in [-0.2, -0.15) is 0 Å². The normalized spacial score (nSPS) is 35.0. The molecule has 0 amide bonds. The molecule has 21 heavy (non-hydrogen) atoms. The second-order valence-corrected chi connectivity index (χ2v) is 7.93. The SMILES string of the molecule is COCC(NC1C2(C)CCC(C2)C1(C)C)c1ccccc1. The van der Waals surface area contributed by atoms with E-state index in [-0.39, 0.29) is 6.04 Å². The number of nitrogens with one attached hydrogen (secondary N) is 1. The minimum absolute atomic E-state index is 0.289. The summed E-state index contributed by atoms with van der Waals surface area (Å²) >= 11 is 0. The summed E-state index contributed by atoms with van der Waals surface area (Å²) in [7, 11) is 1.80. The number of fused-ring (bicyclic) bond motifs is 2. The molecule has 0 radical (unpaired) electrons. The molecule has 1 N–H and O–H groups in total. The highest BCUT2D eigenvalue weighted by Crippen LogP contribution is 2.62. The number of ether oxygens (including phenoxy) is 1. The molecular weight excluding hydrogens is 258 g/mol. The first-order valence-corrected chi connectivity index (χ1v) is 8.27. The Balaban J connectivity index is 1.83. The van der Waals surface area contributed by atoms with Crippen LogP contribution in [0.5, 0.6) is 0 Å². The van der Waals surface area contributed by atoms with Gasteiger partial charge in [0.25, 0.3) is 0 Å². The van der Waals surface area contributed by atoms with Crippen LogP contribution < -0.4 is 5.32 Å². The summed E-state index contributed by atoms with van der Waals surface area (Å²) < 4.78 is 5.49. The van der Waals surface area contributed by atoms with Gasteiger partial charge in [0, 0.05) is 13.2 Å². The molecule has 1 aromatic rings. The van der Waals surface area contributed by atoms with Crippen molar-refractivity contribution in [2.24, 2.45) is 16.7 Å². The van der Waals surface area contributed by atoms with Crippen LogP contribution in [0.15, 0.2) is 30.3 Å². The average molecular weight is 287 g/mol. The van der Waals surface area contributed by atoms with E-state index in [1.54, 1.807) is 7.11 Å². The van der Waals surface area contributed by atoms with Crippen LogP contribution in [0, 0.1) is 16.7 Å². The number of methoxy groups -OCH3 is 1. The Bertz CT molecular complexity index is 479. The van der Waals surface area contributed by atoms with Gasteiger partial charge in [0.1, 0.15) is 0 Å². The summed E-state index contributed by atoms with van der Waals surface area (Å²) in [5.41, 5.74) is 2.17. The van der Waals surface area contributed by atoms with Crippen LogP contribution in [0.3, 0.4) is 0 Å². The number of rotatable bonds is 5. The molecule has 1 aromatic carbocycles. The predicted octanol–water partition coefficient (Wildman–Crippen LogP) is 4.18. The molecule has 4 unspecified atom stereocenters. The lowest BCUT2D eigenvalue weighted by Gasteiger charge is -2.45. The van der Waals surface area contributed by atoms with E-state index in [9.17, 15) is 0 Å². The zero-order valence-electron chi connectivity index (χ0n) is 13.9. The fraction of sp³-hybridized carbons (Fsp3) is 0.684. The first kappa shape index (κ1) is 15.1. The lowest BCUT2D eigenvalue weighted by Crippen LogP contribution is -2.52. The highest BCUT2D eigenvalue weighted by Gasteiger charge is 2.59. The molecule has 2 saturated carbocycles. The average Bonchev–Trinajstić information content (AvgIpc) is 2.94. The molecule has 0 aromatic heterocycles. The van der Waals surface area contributed by atoms with Gasteiger partial charge in [0.2, 0.25) is 0 Å². The van der Waals surface area contributed by atoms with Gasteiger partial charge in [-0.25, -0.2) is 0 Å². The molecule has 0 aliphatic heterocycles. The van der Waals surface area contributed by atoms with Crippen molar-refractivity contribution in [1.82, 2.24) is 5.32 Å². The largest absolute Gasteiger partial charge is 0.383 e. The van der Waals surface area contributed by atoms with Gasteiger partial charge >= 0.3 is 0 Å². The lowest BCUT2D eigenvalue weighted by molar-refractivity contribution is 0.0777. The van der Waals surface area contributed by atoms with E-state index in [4.69, 9.17) is 4.74 Å². The minimum Gasteiger partial charge on any atom is -0.383 e. The minimum atomic E-state index is 0.289. The van der Waals surface area contributed by atoms with Crippen molar-refractivity contribution < 1.29 is 4.74 Å². The van der Waals surface area contributed by atoms with Crippen molar-refractivity contribution in [1.29, 1.82) is 0 Å². The maximum Gasteiger partial charge on any atom is 0.0657 e. The van der Waals surface area contributed by atoms with E-state index in [0.29, 0.717) is 16.9 Å². The van der Waals surface area contributed by atoms with E-state index < -0.39 is 0 Å². The van der Waals surface area contributed by atoms with Crippen LogP contribution in [0.2, 0.25) is 0 Å². The maximum atomic E-state index is 5.49. The van der Waals surface area contributed by atoms with Gasteiger partial charge in [0.05, 0.1) is 12.6 Å². The van der Waals surface area contributed by atoms with Crippen LogP contribution in [-0.4, -0.2) is 19.8 Å². The van der Waals surface area contributed by atoms with Gasteiger partial charge in [-0.05, 0) is 41.6 Å². The highest BCUT2D eigenvalue weighted by atomic mass is 16.5. The van der Waals surface area contributed by atoms with E-state index in [2.05, 4.69) is 56.4 Å². The molecule has 0 heterocycles. The summed E-state index contributed by atoms with van der Waals surface area (Å²) in [5.74, 6) is 0.874. The second-order valence-electron chi connectivity index (χ2n) is 7.93. The van der Waals surface area contributed by atoms with Crippen molar-refractivity contribution in [2.75, 3.05) is 13.7 Å². The molecule has 3 rings (SSSR count). The molecule has 2 fully saturated rings. The summed E-state index contributed by atoms with van der Waals surface area (Å²) in [6.45, 7) is 8.12. The van der Waals surface area contributed by atoms with Crippen LogP contribution in [0.4, 0.5) is 0 Å². The Labute approximate surface area is 129 Å². The van der Waals surface area contributed by atoms with Gasteiger partial charge in [-0.15, -0.1) is 0 Å². The molecule has 0 spiro atoms. The summed E-state index contributed by atoms with van der Waals surface area (Å²) in [4.78, 5) is 0. The van der Waals surface area contributed by atoms with Gasteiger partial charge in [-0.1, -0.05) is 51.1 Å². The fourth-order valence-electron chi connectivity index (χ4n) is 5.01. The number of hydrogen-bond acceptors (Lipinski definition) is 2. The first-order valence-electron chi connectivity index (χ1n) is 8.27. The zero-order chi connectivity index (χ0) is 15.1. The summed E-state index contributed by atoms with van der Waals surface area (Å²) in [5, 5.41) is 3.97. The third-order valence-corrected chi connectivity index (χ3v) is 6.17. The molecule has 2 aliphatic rings. The molecule has 2 bridgehead atoms. The second kappa shape index (κ2) is 5.40. The first-order chi connectivity index (χ1) is 9.97. The number of hydrogen-bond donors (Lipinski definition) is 1. The predicted molar refractivity (Wildman–Crippen MR) is 87.2 cm³/mol. The molecule has 2 heteroatoms. The number of benzene rings is 1. The van der Waals surface area contributed by atoms with E-state index >= 15 is 0 Å². The van der Waals surface area contributed by atoms with E-state index in [1.165, 1.54) is 24.8 Å². The van der Waals surface area contributed by atoms with Crippen LogP contribution in [0.1, 0.15) is 51.6 Å². The molecule has 2 nitrogen and oxygen atoms in total. The fourth-order valence-corrected chi connectivity index (χ4v) is 5.01. The highest BCUT2D eigenvalue weighted by molar-refractivity contribution is 5.21. The zero-order valence-corrected chi connectivity index (χ0v) is 13.9. The summed E-state index contributed by atoms with van der Waals surface area (Å²) in [6, 6.07) is 11.6. The van der Waals surface area contributed by atoms with Crippen LogP contribution in [0.25, 0.3) is 0 Å². The van der Waals surface area contributed by atoms with Gasteiger partial charge in [-0.3, -0.25) is 0 Å². The van der Waals surface area contributed by atoms with Crippen molar-refractivity contribution >= 4 is 0 Å². The van der Waals surface area contributed by atoms with Crippen LogP contribution >= 0.6 is 0 Å². The van der Waals surface area contributed by atoms with E-state index in [1.807, 2.05) is 0 Å². The van der Waals surface area contributed by atoms with E-state index in [0.717, 1.165) is 12.5 Å². The Morgan fingerprint density at radius 2 is 1.95 bits per heavy atom. The molecule has 2 aliphatic carbocycles. The third kappa shape index (κ3) is 2.53. The van der Waals surface area contributed by atoms with Gasteiger partial charge < -0.3 is 10.1 Å².